The molecule has 2 heterocycles. The standard InChI is InChI=1S/C19H22N4O4S/c1-13-11-18(23(22-13)17-9-10-28(26,27)12-17)21-19(25)8-5-15-3-6-16(7-4-15)20-14(2)24/h3-8,11,17H,9-10,12H2,1-2H3,(H,20,24)(H,21,25)/b8-5+. The summed E-state index contributed by atoms with van der Waals surface area (Å²) in [5.41, 5.74) is 2.19. The van der Waals surface area contributed by atoms with Gasteiger partial charge in [0.05, 0.1) is 23.2 Å². The van der Waals surface area contributed by atoms with Crippen LogP contribution in [-0.4, -0.2) is 41.5 Å². The predicted octanol–water partition coefficient (Wildman–Crippen LogP) is 2.16. The van der Waals surface area contributed by atoms with Gasteiger partial charge in [0, 0.05) is 24.8 Å². The summed E-state index contributed by atoms with van der Waals surface area (Å²) in [7, 11) is -3.05. The van der Waals surface area contributed by atoms with Gasteiger partial charge in [-0.25, -0.2) is 13.1 Å². The fourth-order valence-corrected chi connectivity index (χ4v) is 4.77. The van der Waals surface area contributed by atoms with E-state index < -0.39 is 9.84 Å². The van der Waals surface area contributed by atoms with Gasteiger partial charge in [0.1, 0.15) is 5.82 Å². The van der Waals surface area contributed by atoms with Gasteiger partial charge < -0.3 is 10.6 Å². The van der Waals surface area contributed by atoms with Crippen LogP contribution in [0.4, 0.5) is 11.5 Å². The molecule has 1 aromatic heterocycles. The van der Waals surface area contributed by atoms with E-state index in [1.807, 2.05) is 0 Å². The summed E-state index contributed by atoms with van der Waals surface area (Å²) >= 11 is 0. The summed E-state index contributed by atoms with van der Waals surface area (Å²) in [5.74, 6) is 0.166. The largest absolute Gasteiger partial charge is 0.326 e. The first kappa shape index (κ1) is 19.8. The zero-order valence-corrected chi connectivity index (χ0v) is 16.5. The van der Waals surface area contributed by atoms with E-state index >= 15 is 0 Å². The number of carbonyl (C=O) groups is 2. The summed E-state index contributed by atoms with van der Waals surface area (Å²) in [6.07, 6.45) is 3.54. The summed E-state index contributed by atoms with van der Waals surface area (Å²) < 4.78 is 25.1. The van der Waals surface area contributed by atoms with Crippen LogP contribution in [-0.2, 0) is 19.4 Å². The van der Waals surface area contributed by atoms with Crippen LogP contribution in [0, 0.1) is 6.92 Å². The number of carbonyl (C=O) groups excluding carboxylic acids is 2. The highest BCUT2D eigenvalue weighted by molar-refractivity contribution is 7.91. The average Bonchev–Trinajstić information content (AvgIpc) is 3.15. The van der Waals surface area contributed by atoms with Gasteiger partial charge >= 0.3 is 0 Å². The molecular formula is C19H22N4O4S. The monoisotopic (exact) mass is 402 g/mol. The van der Waals surface area contributed by atoms with Crippen molar-refractivity contribution in [3.63, 3.8) is 0 Å². The minimum atomic E-state index is -3.05. The zero-order valence-electron chi connectivity index (χ0n) is 15.7. The van der Waals surface area contributed by atoms with Crippen molar-refractivity contribution in [2.75, 3.05) is 22.1 Å². The lowest BCUT2D eigenvalue weighted by Crippen LogP contribution is -2.18. The fourth-order valence-electron chi connectivity index (χ4n) is 3.08. The lowest BCUT2D eigenvalue weighted by molar-refractivity contribution is -0.114. The Morgan fingerprint density at radius 2 is 1.93 bits per heavy atom. The van der Waals surface area contributed by atoms with E-state index in [4.69, 9.17) is 0 Å². The Bertz CT molecular complexity index is 1020. The highest BCUT2D eigenvalue weighted by Crippen LogP contribution is 2.27. The highest BCUT2D eigenvalue weighted by Gasteiger charge is 2.31. The lowest BCUT2D eigenvalue weighted by atomic mass is 10.2. The first-order valence-corrected chi connectivity index (χ1v) is 10.7. The van der Waals surface area contributed by atoms with Crippen molar-refractivity contribution in [3.8, 4) is 0 Å². The number of amides is 2. The Hall–Kier alpha value is -2.94. The topological polar surface area (TPSA) is 110 Å². The van der Waals surface area contributed by atoms with Crippen LogP contribution in [0.3, 0.4) is 0 Å². The second-order valence-corrected chi connectivity index (χ2v) is 9.03. The molecule has 1 aliphatic heterocycles. The molecule has 2 amide bonds. The Balaban J connectivity index is 1.67. The molecule has 0 aliphatic carbocycles. The van der Waals surface area contributed by atoms with E-state index in [9.17, 15) is 18.0 Å². The highest BCUT2D eigenvalue weighted by atomic mass is 32.2. The molecule has 2 N–H and O–H groups in total. The van der Waals surface area contributed by atoms with Gasteiger partial charge in [-0.15, -0.1) is 0 Å². The van der Waals surface area contributed by atoms with Crippen LogP contribution in [0.15, 0.2) is 36.4 Å². The minimum Gasteiger partial charge on any atom is -0.326 e. The van der Waals surface area contributed by atoms with Crippen molar-refractivity contribution in [3.05, 3.63) is 47.7 Å². The molecule has 1 atom stereocenters. The zero-order chi connectivity index (χ0) is 20.3. The molecule has 1 unspecified atom stereocenters. The summed E-state index contributed by atoms with van der Waals surface area (Å²) in [6.45, 7) is 3.23. The third-order valence-corrected chi connectivity index (χ3v) is 6.07. The molecule has 8 nitrogen and oxygen atoms in total. The van der Waals surface area contributed by atoms with Gasteiger partial charge in [0.25, 0.3) is 0 Å². The molecule has 1 aromatic carbocycles. The molecule has 0 saturated carbocycles. The van der Waals surface area contributed by atoms with Crippen LogP contribution in [0.2, 0.25) is 0 Å². The molecule has 0 radical (unpaired) electrons. The summed E-state index contributed by atoms with van der Waals surface area (Å²) in [4.78, 5) is 23.3. The maximum atomic E-state index is 12.3. The maximum Gasteiger partial charge on any atom is 0.249 e. The van der Waals surface area contributed by atoms with Gasteiger partial charge in [-0.1, -0.05) is 12.1 Å². The van der Waals surface area contributed by atoms with Crippen LogP contribution in [0.25, 0.3) is 6.08 Å². The van der Waals surface area contributed by atoms with Crippen LogP contribution < -0.4 is 10.6 Å². The number of nitrogens with one attached hydrogen (secondary N) is 2. The molecule has 9 heteroatoms. The molecular weight excluding hydrogens is 380 g/mol. The van der Waals surface area contributed by atoms with Gasteiger partial charge in [-0.2, -0.15) is 5.10 Å². The molecule has 1 aliphatic rings. The molecule has 28 heavy (non-hydrogen) atoms. The number of hydrogen-bond donors (Lipinski definition) is 2. The second kappa shape index (κ2) is 7.97. The molecule has 0 bridgehead atoms. The number of rotatable bonds is 5. The van der Waals surface area contributed by atoms with Gasteiger partial charge in [-0.05, 0) is 37.1 Å². The fraction of sp³-hybridized carbons (Fsp3) is 0.316. The minimum absolute atomic E-state index is 0.0352. The Morgan fingerprint density at radius 1 is 1.21 bits per heavy atom. The van der Waals surface area contributed by atoms with Crippen LogP contribution >= 0.6 is 0 Å². The van der Waals surface area contributed by atoms with Crippen molar-refractivity contribution in [1.29, 1.82) is 0 Å². The number of anilines is 2. The molecule has 0 spiro atoms. The van der Waals surface area contributed by atoms with Crippen LogP contribution in [0.1, 0.15) is 30.6 Å². The number of hydrogen-bond acceptors (Lipinski definition) is 5. The van der Waals surface area contributed by atoms with Gasteiger partial charge in [0.15, 0.2) is 9.84 Å². The van der Waals surface area contributed by atoms with Gasteiger partial charge in [-0.3, -0.25) is 9.59 Å². The van der Waals surface area contributed by atoms with Crippen molar-refractivity contribution >= 4 is 39.2 Å². The third-order valence-electron chi connectivity index (χ3n) is 4.32. The lowest BCUT2D eigenvalue weighted by Gasteiger charge is -2.13. The van der Waals surface area contributed by atoms with Gasteiger partial charge in [0.2, 0.25) is 11.8 Å². The SMILES string of the molecule is CC(=O)Nc1ccc(/C=C/C(=O)Nc2cc(C)nn2C2CCS(=O)(=O)C2)cc1. The first-order valence-electron chi connectivity index (χ1n) is 8.85. The van der Waals surface area contributed by atoms with E-state index in [0.717, 1.165) is 5.56 Å². The normalized spacial score (nSPS) is 18.3. The number of sulfone groups is 1. The second-order valence-electron chi connectivity index (χ2n) is 6.80. The number of benzene rings is 1. The molecule has 1 fully saturated rings. The number of aromatic nitrogens is 2. The van der Waals surface area contributed by atoms with E-state index in [1.54, 1.807) is 48.0 Å². The summed E-state index contributed by atoms with van der Waals surface area (Å²) in [6, 6.07) is 8.52. The van der Waals surface area contributed by atoms with Crippen LogP contribution in [0.5, 0.6) is 0 Å². The third kappa shape index (κ3) is 5.07. The quantitative estimate of drug-likeness (QED) is 0.745. The number of aryl methyl sites for hydroxylation is 1. The smallest absolute Gasteiger partial charge is 0.249 e. The van der Waals surface area contributed by atoms with Crippen molar-refractivity contribution in [2.24, 2.45) is 0 Å². The average molecular weight is 402 g/mol. The Kier molecular flexibility index (Phi) is 5.64. The first-order chi connectivity index (χ1) is 13.2. The molecule has 148 valence electrons. The number of nitrogens with zero attached hydrogens (tertiary/aromatic N) is 2. The van der Waals surface area contributed by atoms with Crippen molar-refractivity contribution in [1.82, 2.24) is 9.78 Å². The van der Waals surface area contributed by atoms with Crippen molar-refractivity contribution < 1.29 is 18.0 Å². The van der Waals surface area contributed by atoms with E-state index in [0.29, 0.717) is 23.6 Å². The van der Waals surface area contributed by atoms with Crippen molar-refractivity contribution in [2.45, 2.75) is 26.3 Å². The molecule has 2 aromatic rings. The Labute approximate surface area is 163 Å². The van der Waals surface area contributed by atoms with E-state index in [2.05, 4.69) is 15.7 Å². The predicted molar refractivity (Wildman–Crippen MR) is 108 cm³/mol. The van der Waals surface area contributed by atoms with E-state index in [1.165, 1.54) is 13.0 Å². The van der Waals surface area contributed by atoms with E-state index in [-0.39, 0.29) is 29.4 Å². The maximum absolute atomic E-state index is 12.3. The molecule has 3 rings (SSSR count). The summed E-state index contributed by atoms with van der Waals surface area (Å²) in [5, 5.41) is 9.78. The Morgan fingerprint density at radius 3 is 2.54 bits per heavy atom. The molecule has 1 saturated heterocycles.